The number of aromatic amines is 1. The van der Waals surface area contributed by atoms with Gasteiger partial charge in [0.2, 0.25) is 0 Å². The number of nitrogens with one attached hydrogen (secondary N) is 2. The molecule has 0 fully saturated rings. The fraction of sp³-hybridized carbons (Fsp3) is 0. The number of amides is 1. The number of H-pyrrole nitrogens is 1. The second kappa shape index (κ2) is 5.03. The van der Waals surface area contributed by atoms with Crippen LogP contribution in [0.15, 0.2) is 46.6 Å². The number of hydrogen-bond acceptors (Lipinski definition) is 4. The molecule has 1 amide bonds. The molecule has 3 aromatic rings. The summed E-state index contributed by atoms with van der Waals surface area (Å²) < 4.78 is 1.74. The molecule has 0 atom stereocenters. The molecular weight excluding hydrogens is 294 g/mol. The van der Waals surface area contributed by atoms with Crippen molar-refractivity contribution in [1.82, 2.24) is 9.66 Å². The van der Waals surface area contributed by atoms with Crippen LogP contribution < -0.4 is 11.0 Å². The fourth-order valence-corrected chi connectivity index (χ4v) is 2.81. The first-order valence-corrected chi connectivity index (χ1v) is 7.04. The van der Waals surface area contributed by atoms with Gasteiger partial charge in [-0.15, -0.1) is 11.3 Å². The van der Waals surface area contributed by atoms with Crippen molar-refractivity contribution >= 4 is 39.7 Å². The number of rotatable bonds is 2. The van der Waals surface area contributed by atoms with Crippen molar-refractivity contribution in [2.24, 2.45) is 0 Å². The van der Waals surface area contributed by atoms with Gasteiger partial charge in [0.05, 0.1) is 5.52 Å². The summed E-state index contributed by atoms with van der Waals surface area (Å²) in [6, 6.07) is 10.4. The summed E-state index contributed by atoms with van der Waals surface area (Å²) in [6.45, 7) is 0. The van der Waals surface area contributed by atoms with E-state index in [4.69, 9.17) is 12.2 Å². The lowest BCUT2D eigenvalue weighted by Crippen LogP contribution is -2.34. The Kier molecular flexibility index (Phi) is 3.21. The van der Waals surface area contributed by atoms with Crippen molar-refractivity contribution in [3.8, 4) is 0 Å². The minimum atomic E-state index is -0.386. The molecule has 3 rings (SSSR count). The molecule has 0 aliphatic carbocycles. The zero-order valence-corrected chi connectivity index (χ0v) is 11.8. The number of carbonyl (C=O) groups excluding carboxylic acids is 1. The fourth-order valence-electron chi connectivity index (χ4n) is 1.80. The summed E-state index contributed by atoms with van der Waals surface area (Å²) in [6.07, 6.45) is 0. The van der Waals surface area contributed by atoms with Crippen molar-refractivity contribution in [2.75, 3.05) is 5.43 Å². The Balaban J connectivity index is 2.05. The van der Waals surface area contributed by atoms with Gasteiger partial charge in [-0.2, -0.15) is 4.68 Å². The lowest BCUT2D eigenvalue weighted by atomic mass is 10.2. The number of fused-ring (bicyclic) bond motifs is 1. The normalized spacial score (nSPS) is 10.6. The van der Waals surface area contributed by atoms with E-state index in [-0.39, 0.29) is 16.2 Å². The smallest absolute Gasteiger partial charge is 0.291 e. The van der Waals surface area contributed by atoms with Gasteiger partial charge in [-0.1, -0.05) is 18.2 Å². The molecule has 5 nitrogen and oxygen atoms in total. The van der Waals surface area contributed by atoms with Crippen LogP contribution in [-0.2, 0) is 0 Å². The van der Waals surface area contributed by atoms with Gasteiger partial charge in [-0.3, -0.25) is 15.0 Å². The largest absolute Gasteiger partial charge is 0.329 e. The molecule has 0 spiro atoms. The van der Waals surface area contributed by atoms with Crippen LogP contribution in [-0.4, -0.2) is 15.6 Å². The number of nitrogens with zero attached hydrogens (tertiary/aromatic N) is 1. The van der Waals surface area contributed by atoms with E-state index in [9.17, 15) is 9.59 Å². The predicted molar refractivity (Wildman–Crippen MR) is 81.4 cm³/mol. The van der Waals surface area contributed by atoms with Crippen molar-refractivity contribution in [1.29, 1.82) is 0 Å². The highest BCUT2D eigenvalue weighted by Gasteiger charge is 2.10. The Morgan fingerprint density at radius 2 is 2.00 bits per heavy atom. The Bertz CT molecular complexity index is 893. The van der Waals surface area contributed by atoms with E-state index >= 15 is 0 Å². The summed E-state index contributed by atoms with van der Waals surface area (Å²) in [4.78, 5) is 27.2. The molecule has 2 aromatic heterocycles. The van der Waals surface area contributed by atoms with Crippen LogP contribution in [0.2, 0.25) is 0 Å². The van der Waals surface area contributed by atoms with E-state index in [1.54, 1.807) is 35.7 Å². The minimum absolute atomic E-state index is 0.158. The number of aromatic nitrogens is 2. The van der Waals surface area contributed by atoms with Crippen LogP contribution in [0.25, 0.3) is 10.2 Å². The van der Waals surface area contributed by atoms with E-state index in [0.717, 1.165) is 4.68 Å². The molecule has 2 heterocycles. The summed E-state index contributed by atoms with van der Waals surface area (Å²) in [5.74, 6) is -0.386. The third-order valence-electron chi connectivity index (χ3n) is 2.76. The van der Waals surface area contributed by atoms with Crippen LogP contribution in [0.5, 0.6) is 0 Å². The summed E-state index contributed by atoms with van der Waals surface area (Å²) >= 11 is 6.40. The first-order valence-electron chi connectivity index (χ1n) is 5.76. The third kappa shape index (κ3) is 2.17. The van der Waals surface area contributed by atoms with Crippen LogP contribution >= 0.6 is 23.6 Å². The molecule has 0 bridgehead atoms. The number of carbonyl (C=O) groups is 1. The first kappa shape index (κ1) is 12.8. The van der Waals surface area contributed by atoms with E-state index in [1.165, 1.54) is 11.3 Å². The summed E-state index contributed by atoms with van der Waals surface area (Å²) in [7, 11) is 0. The highest BCUT2D eigenvalue weighted by molar-refractivity contribution is 7.71. The standard InChI is InChI=1S/C13H9N3O2S2/c17-11(8-4-2-1-3-5-8)15-16-12(18)10-9(6-7-20-10)14-13(16)19/h1-7H,(H,14,19)(H,15,17). The molecule has 0 radical (unpaired) electrons. The van der Waals surface area contributed by atoms with E-state index < -0.39 is 0 Å². The molecule has 7 heteroatoms. The SMILES string of the molecule is O=C(Nn1c(=S)[nH]c2ccsc2c1=O)c1ccccc1. The van der Waals surface area contributed by atoms with Gasteiger partial charge in [0, 0.05) is 5.56 Å². The second-order valence-electron chi connectivity index (χ2n) is 4.04. The predicted octanol–water partition coefficient (Wildman–Crippen LogP) is 2.50. The Hall–Kier alpha value is -2.25. The first-order chi connectivity index (χ1) is 9.66. The Morgan fingerprint density at radius 1 is 1.25 bits per heavy atom. The zero-order valence-electron chi connectivity index (χ0n) is 10.1. The third-order valence-corrected chi connectivity index (χ3v) is 3.94. The molecule has 100 valence electrons. The van der Waals surface area contributed by atoms with Gasteiger partial charge >= 0.3 is 0 Å². The average Bonchev–Trinajstić information content (AvgIpc) is 2.92. The molecule has 2 N–H and O–H groups in total. The lowest BCUT2D eigenvalue weighted by molar-refractivity contribution is 0.101. The van der Waals surface area contributed by atoms with Crippen LogP contribution in [0.4, 0.5) is 0 Å². The topological polar surface area (TPSA) is 66.9 Å². The molecule has 0 unspecified atom stereocenters. The summed E-state index contributed by atoms with van der Waals surface area (Å²) in [5, 5.41) is 1.79. The van der Waals surface area contributed by atoms with Crippen molar-refractivity contribution in [3.05, 3.63) is 62.5 Å². The van der Waals surface area contributed by atoms with Crippen LogP contribution in [0, 0.1) is 4.77 Å². The molecular formula is C13H9N3O2S2. The maximum absolute atomic E-state index is 12.2. The average molecular weight is 303 g/mol. The maximum atomic E-state index is 12.2. The monoisotopic (exact) mass is 303 g/mol. The van der Waals surface area contributed by atoms with Crippen molar-refractivity contribution in [3.63, 3.8) is 0 Å². The zero-order chi connectivity index (χ0) is 14.1. The molecule has 0 saturated carbocycles. The van der Waals surface area contributed by atoms with Crippen molar-refractivity contribution in [2.45, 2.75) is 0 Å². The maximum Gasteiger partial charge on any atom is 0.291 e. The Morgan fingerprint density at radius 3 is 2.75 bits per heavy atom. The van der Waals surface area contributed by atoms with E-state index in [0.29, 0.717) is 15.8 Å². The molecule has 0 saturated heterocycles. The van der Waals surface area contributed by atoms with Gasteiger partial charge in [-0.05, 0) is 35.8 Å². The molecule has 20 heavy (non-hydrogen) atoms. The van der Waals surface area contributed by atoms with Gasteiger partial charge in [-0.25, -0.2) is 0 Å². The molecule has 0 aliphatic rings. The molecule has 1 aromatic carbocycles. The van der Waals surface area contributed by atoms with Crippen LogP contribution in [0.1, 0.15) is 10.4 Å². The van der Waals surface area contributed by atoms with E-state index in [1.807, 2.05) is 6.07 Å². The van der Waals surface area contributed by atoms with Crippen molar-refractivity contribution < 1.29 is 4.79 Å². The number of hydrogen-bond donors (Lipinski definition) is 2. The van der Waals surface area contributed by atoms with Gasteiger partial charge in [0.1, 0.15) is 4.70 Å². The number of thiophene rings is 1. The Labute approximate surface area is 122 Å². The van der Waals surface area contributed by atoms with Gasteiger partial charge in [0.15, 0.2) is 4.77 Å². The van der Waals surface area contributed by atoms with Gasteiger partial charge < -0.3 is 4.98 Å². The molecule has 0 aliphatic heterocycles. The quantitative estimate of drug-likeness (QED) is 0.715. The second-order valence-corrected chi connectivity index (χ2v) is 5.34. The lowest BCUT2D eigenvalue weighted by Gasteiger charge is -2.08. The highest BCUT2D eigenvalue weighted by Crippen LogP contribution is 2.13. The summed E-state index contributed by atoms with van der Waals surface area (Å²) in [5.41, 5.74) is 3.32. The number of benzene rings is 1. The van der Waals surface area contributed by atoms with Crippen LogP contribution in [0.3, 0.4) is 0 Å². The highest BCUT2D eigenvalue weighted by atomic mass is 32.1. The minimum Gasteiger partial charge on any atom is -0.329 e. The van der Waals surface area contributed by atoms with E-state index in [2.05, 4.69) is 10.4 Å². The van der Waals surface area contributed by atoms with Gasteiger partial charge in [0.25, 0.3) is 11.5 Å².